The van der Waals surface area contributed by atoms with Crippen LogP contribution in [0.25, 0.3) is 0 Å². The molecule has 7 heteroatoms. The van der Waals surface area contributed by atoms with E-state index in [1.807, 2.05) is 36.6 Å². The van der Waals surface area contributed by atoms with Gasteiger partial charge >= 0.3 is 5.97 Å². The van der Waals surface area contributed by atoms with Gasteiger partial charge in [-0.25, -0.2) is 0 Å². The van der Waals surface area contributed by atoms with Crippen molar-refractivity contribution in [3.63, 3.8) is 0 Å². The first kappa shape index (κ1) is 23.2. The van der Waals surface area contributed by atoms with E-state index in [1.165, 1.54) is 0 Å². The van der Waals surface area contributed by atoms with Gasteiger partial charge in [0.05, 0.1) is 10.1 Å². The maximum atomic E-state index is 12.9. The van der Waals surface area contributed by atoms with Crippen molar-refractivity contribution < 1.29 is 14.3 Å². The molecule has 30 heavy (non-hydrogen) atoms. The molecule has 0 amide bonds. The van der Waals surface area contributed by atoms with Crippen LogP contribution in [0.1, 0.15) is 25.5 Å². The molecule has 0 bridgehead atoms. The lowest BCUT2D eigenvalue weighted by atomic mass is 10.1. The number of nitrogens with zero attached hydrogens (tertiary/aromatic N) is 1. The molecule has 0 saturated heterocycles. The molecule has 2 aromatic rings. The van der Waals surface area contributed by atoms with E-state index in [2.05, 4.69) is 51.8 Å². The Labute approximate surface area is 198 Å². The van der Waals surface area contributed by atoms with Gasteiger partial charge in [0, 0.05) is 10.4 Å². The Balaban J connectivity index is 1.71. The smallest absolute Gasteiger partial charge is 0.311 e. The fraction of sp³-hybridized carbons (Fsp3) is 0.391. The van der Waals surface area contributed by atoms with Crippen molar-refractivity contribution in [3.05, 3.63) is 60.2 Å². The summed E-state index contributed by atoms with van der Waals surface area (Å²) in [5, 5.41) is 9.65. The van der Waals surface area contributed by atoms with Crippen LogP contribution >= 0.6 is 43.6 Å². The van der Waals surface area contributed by atoms with Gasteiger partial charge in [0.2, 0.25) is 6.10 Å². The largest absolute Gasteiger partial charge is 0.457 e. The summed E-state index contributed by atoms with van der Waals surface area (Å²) in [4.78, 5) is 13.0. The molecule has 5 atom stereocenters. The SMILES string of the molecule is CSC(Br)C(Br)C1C(C(=O)OC(C#N)c2cccc(Oc3ccccc3)c2)C1(C)C. The van der Waals surface area contributed by atoms with Gasteiger partial charge in [0.15, 0.2) is 0 Å². The highest BCUT2D eigenvalue weighted by atomic mass is 79.9. The van der Waals surface area contributed by atoms with Crippen LogP contribution in [0.3, 0.4) is 0 Å². The molecule has 0 radical (unpaired) electrons. The summed E-state index contributed by atoms with van der Waals surface area (Å²) in [5.74, 6) is 0.824. The van der Waals surface area contributed by atoms with E-state index in [1.54, 1.807) is 36.0 Å². The Bertz CT molecular complexity index is 932. The molecule has 1 aliphatic rings. The van der Waals surface area contributed by atoms with Crippen molar-refractivity contribution in [2.45, 2.75) is 28.9 Å². The van der Waals surface area contributed by atoms with Gasteiger partial charge in [0.25, 0.3) is 0 Å². The summed E-state index contributed by atoms with van der Waals surface area (Å²) in [6, 6.07) is 18.6. The van der Waals surface area contributed by atoms with E-state index in [4.69, 9.17) is 9.47 Å². The van der Waals surface area contributed by atoms with Crippen LogP contribution < -0.4 is 4.74 Å². The molecule has 0 aliphatic heterocycles. The van der Waals surface area contributed by atoms with Gasteiger partial charge in [-0.05, 0) is 41.9 Å². The number of ether oxygens (including phenoxy) is 2. The van der Waals surface area contributed by atoms with E-state index in [-0.39, 0.29) is 32.2 Å². The number of nitriles is 1. The summed E-state index contributed by atoms with van der Waals surface area (Å²) >= 11 is 9.06. The van der Waals surface area contributed by atoms with Crippen LogP contribution in [0.15, 0.2) is 54.6 Å². The van der Waals surface area contributed by atoms with Gasteiger partial charge in [0.1, 0.15) is 17.6 Å². The fourth-order valence-electron chi connectivity index (χ4n) is 3.74. The summed E-state index contributed by atoms with van der Waals surface area (Å²) in [6.07, 6.45) is 1.04. The number of rotatable bonds is 8. The standard InChI is InChI=1S/C23H23Br2NO3S/c1-23(2)18(20(24)21(25)30-3)19(23)22(27)29-17(13-26)14-8-7-11-16(12-14)28-15-9-5-4-6-10-15/h4-12,17-21H,1-3H3. The summed E-state index contributed by atoms with van der Waals surface area (Å²) in [6.45, 7) is 4.13. The number of hydrogen-bond donors (Lipinski definition) is 0. The zero-order valence-corrected chi connectivity index (χ0v) is 20.9. The molecule has 0 aromatic heterocycles. The summed E-state index contributed by atoms with van der Waals surface area (Å²) in [5.41, 5.74) is 0.401. The average Bonchev–Trinajstić information content (AvgIpc) is 3.33. The van der Waals surface area contributed by atoms with E-state index >= 15 is 0 Å². The maximum absolute atomic E-state index is 12.9. The average molecular weight is 553 g/mol. The van der Waals surface area contributed by atoms with Crippen molar-refractivity contribution in [2.75, 3.05) is 6.26 Å². The Hall–Kier alpha value is -1.49. The predicted octanol–water partition coefficient (Wildman–Crippen LogP) is 6.71. The Morgan fingerprint density at radius 1 is 1.13 bits per heavy atom. The van der Waals surface area contributed by atoms with Crippen LogP contribution in [-0.4, -0.2) is 21.2 Å². The molecular formula is C23H23Br2NO3S. The second-order valence-corrected chi connectivity index (χ2v) is 11.4. The Morgan fingerprint density at radius 3 is 2.43 bits per heavy atom. The van der Waals surface area contributed by atoms with Crippen molar-refractivity contribution in [1.82, 2.24) is 0 Å². The zero-order chi connectivity index (χ0) is 21.9. The molecule has 158 valence electrons. The van der Waals surface area contributed by atoms with Gasteiger partial charge in [-0.1, -0.05) is 76.0 Å². The first-order chi connectivity index (χ1) is 14.3. The van der Waals surface area contributed by atoms with Gasteiger partial charge in [-0.2, -0.15) is 5.26 Å². The minimum atomic E-state index is -0.983. The minimum Gasteiger partial charge on any atom is -0.457 e. The molecule has 3 rings (SSSR count). The number of carbonyl (C=O) groups is 1. The lowest BCUT2D eigenvalue weighted by molar-refractivity contribution is -0.149. The molecule has 1 saturated carbocycles. The number of benzene rings is 2. The highest BCUT2D eigenvalue weighted by Crippen LogP contribution is 2.63. The molecule has 1 fully saturated rings. The van der Waals surface area contributed by atoms with E-state index < -0.39 is 6.10 Å². The quantitative estimate of drug-likeness (QED) is 0.269. The molecule has 1 aliphatic carbocycles. The molecule has 2 aromatic carbocycles. The summed E-state index contributed by atoms with van der Waals surface area (Å²) < 4.78 is 11.7. The highest BCUT2D eigenvalue weighted by molar-refractivity contribution is 9.13. The maximum Gasteiger partial charge on any atom is 0.311 e. The van der Waals surface area contributed by atoms with Crippen LogP contribution in [-0.2, 0) is 9.53 Å². The van der Waals surface area contributed by atoms with E-state index in [0.29, 0.717) is 17.1 Å². The monoisotopic (exact) mass is 551 g/mol. The van der Waals surface area contributed by atoms with Crippen molar-refractivity contribution in [2.24, 2.45) is 17.3 Å². The molecule has 0 heterocycles. The third kappa shape index (κ3) is 5.04. The zero-order valence-electron chi connectivity index (χ0n) is 16.9. The number of hydrogen-bond acceptors (Lipinski definition) is 5. The third-order valence-electron chi connectivity index (χ3n) is 5.47. The normalized spacial score (nSPS) is 22.3. The number of esters is 1. The number of halogens is 2. The predicted molar refractivity (Wildman–Crippen MR) is 127 cm³/mol. The molecule has 4 nitrogen and oxygen atoms in total. The van der Waals surface area contributed by atoms with E-state index in [0.717, 1.165) is 0 Å². The molecule has 0 spiro atoms. The summed E-state index contributed by atoms with van der Waals surface area (Å²) in [7, 11) is 0. The van der Waals surface area contributed by atoms with E-state index in [9.17, 15) is 10.1 Å². The first-order valence-corrected chi connectivity index (χ1v) is 12.7. The molecular weight excluding hydrogens is 530 g/mol. The number of para-hydroxylation sites is 1. The third-order valence-corrected chi connectivity index (χ3v) is 10.1. The molecule has 0 N–H and O–H groups in total. The Morgan fingerprint density at radius 2 is 1.80 bits per heavy atom. The van der Waals surface area contributed by atoms with Crippen LogP contribution in [0.2, 0.25) is 0 Å². The number of thioether (sulfide) groups is 1. The van der Waals surface area contributed by atoms with Crippen LogP contribution in [0.5, 0.6) is 11.5 Å². The lowest BCUT2D eigenvalue weighted by Gasteiger charge is -2.16. The second kappa shape index (κ2) is 9.76. The molecule has 5 unspecified atom stereocenters. The number of alkyl halides is 2. The van der Waals surface area contributed by atoms with Crippen molar-refractivity contribution in [3.8, 4) is 17.6 Å². The minimum absolute atomic E-state index is 0.128. The van der Waals surface area contributed by atoms with Crippen molar-refractivity contribution in [1.29, 1.82) is 5.26 Å². The van der Waals surface area contributed by atoms with Crippen LogP contribution in [0, 0.1) is 28.6 Å². The van der Waals surface area contributed by atoms with Crippen molar-refractivity contribution >= 4 is 49.6 Å². The van der Waals surface area contributed by atoms with Crippen LogP contribution in [0.4, 0.5) is 0 Å². The fourth-order valence-corrected chi connectivity index (χ4v) is 6.13. The topological polar surface area (TPSA) is 59.3 Å². The van der Waals surface area contributed by atoms with Gasteiger partial charge < -0.3 is 9.47 Å². The lowest BCUT2D eigenvalue weighted by Crippen LogP contribution is -2.18. The number of carbonyl (C=O) groups excluding carboxylic acids is 1. The highest BCUT2D eigenvalue weighted by Gasteiger charge is 2.66. The van der Waals surface area contributed by atoms with Gasteiger partial charge in [-0.3, -0.25) is 4.79 Å². The second-order valence-electron chi connectivity index (χ2n) is 7.79. The Kier molecular flexibility index (Phi) is 7.54. The van der Waals surface area contributed by atoms with Gasteiger partial charge in [-0.15, -0.1) is 11.8 Å². The first-order valence-electron chi connectivity index (χ1n) is 9.53.